The zero-order valence-electron chi connectivity index (χ0n) is 20.4. The number of hydrogen-bond acceptors (Lipinski definition) is 0. The van der Waals surface area contributed by atoms with Crippen LogP contribution < -0.4 is 0 Å². The van der Waals surface area contributed by atoms with Crippen LogP contribution in [0.15, 0.2) is 54.6 Å². The van der Waals surface area contributed by atoms with E-state index < -0.39 is 17.5 Å². The number of halogens is 4. The van der Waals surface area contributed by atoms with Gasteiger partial charge >= 0.3 is 0 Å². The van der Waals surface area contributed by atoms with Crippen molar-refractivity contribution in [1.82, 2.24) is 0 Å². The van der Waals surface area contributed by atoms with Gasteiger partial charge in [0.2, 0.25) is 0 Å². The summed E-state index contributed by atoms with van der Waals surface area (Å²) < 4.78 is 43.3. The Morgan fingerprint density at radius 1 is 0.743 bits per heavy atom. The van der Waals surface area contributed by atoms with Crippen molar-refractivity contribution >= 4 is 11.6 Å². The molecular formula is C31H34ClF3. The zero-order chi connectivity index (χ0) is 24.8. The first kappa shape index (κ1) is 25.8. The van der Waals surface area contributed by atoms with Crippen molar-refractivity contribution in [3.8, 4) is 11.1 Å². The number of aryl methyl sites for hydroxylation is 2. The summed E-state index contributed by atoms with van der Waals surface area (Å²) in [6.07, 6.45) is 11.2. The predicted molar refractivity (Wildman–Crippen MR) is 139 cm³/mol. The van der Waals surface area contributed by atoms with Crippen LogP contribution in [0.3, 0.4) is 0 Å². The van der Waals surface area contributed by atoms with Gasteiger partial charge in [-0.1, -0.05) is 61.7 Å². The van der Waals surface area contributed by atoms with Crippen molar-refractivity contribution < 1.29 is 13.2 Å². The Bertz CT molecular complexity index is 1090. The van der Waals surface area contributed by atoms with Crippen LogP contribution in [0.4, 0.5) is 13.2 Å². The maximum atomic E-state index is 14.8. The van der Waals surface area contributed by atoms with E-state index in [0.717, 1.165) is 25.3 Å². The molecule has 1 fully saturated rings. The molecule has 0 saturated heterocycles. The molecule has 1 aliphatic carbocycles. The summed E-state index contributed by atoms with van der Waals surface area (Å²) in [5.41, 5.74) is 3.48. The Hall–Kier alpha value is -2.26. The molecule has 0 heterocycles. The number of hydrogen-bond donors (Lipinski definition) is 0. The van der Waals surface area contributed by atoms with Gasteiger partial charge < -0.3 is 0 Å². The molecule has 3 aromatic rings. The molecule has 1 saturated carbocycles. The molecular weight excluding hydrogens is 465 g/mol. The number of benzene rings is 3. The van der Waals surface area contributed by atoms with E-state index in [9.17, 15) is 13.2 Å². The Morgan fingerprint density at radius 2 is 1.43 bits per heavy atom. The maximum absolute atomic E-state index is 14.8. The topological polar surface area (TPSA) is 0 Å². The summed E-state index contributed by atoms with van der Waals surface area (Å²) in [7, 11) is 0. The largest absolute Gasteiger partial charge is 0.206 e. The van der Waals surface area contributed by atoms with E-state index in [-0.39, 0.29) is 16.1 Å². The predicted octanol–water partition coefficient (Wildman–Crippen LogP) is 10.1. The molecule has 4 rings (SSSR count). The Labute approximate surface area is 212 Å². The highest BCUT2D eigenvalue weighted by Crippen LogP contribution is 2.38. The molecule has 0 unspecified atom stereocenters. The second-order valence-electron chi connectivity index (χ2n) is 10.0. The summed E-state index contributed by atoms with van der Waals surface area (Å²) in [6.45, 7) is 2.23. The Morgan fingerprint density at radius 3 is 2.06 bits per heavy atom. The van der Waals surface area contributed by atoms with E-state index in [4.69, 9.17) is 11.6 Å². The van der Waals surface area contributed by atoms with Gasteiger partial charge in [0.15, 0.2) is 0 Å². The van der Waals surface area contributed by atoms with E-state index >= 15 is 0 Å². The van der Waals surface area contributed by atoms with Gasteiger partial charge in [0.05, 0.1) is 10.6 Å². The van der Waals surface area contributed by atoms with Crippen molar-refractivity contribution in [3.63, 3.8) is 0 Å². The first-order valence-electron chi connectivity index (χ1n) is 13.0. The molecule has 0 amide bonds. The van der Waals surface area contributed by atoms with Gasteiger partial charge in [0, 0.05) is 0 Å². The fourth-order valence-electron chi connectivity index (χ4n) is 5.39. The Kier molecular flexibility index (Phi) is 8.94. The first-order chi connectivity index (χ1) is 16.9. The monoisotopic (exact) mass is 498 g/mol. The second kappa shape index (κ2) is 12.1. The van der Waals surface area contributed by atoms with Gasteiger partial charge in [-0.25, -0.2) is 13.2 Å². The van der Waals surface area contributed by atoms with Crippen LogP contribution in [0.25, 0.3) is 11.1 Å². The summed E-state index contributed by atoms with van der Waals surface area (Å²) in [5.74, 6) is -0.821. The molecule has 186 valence electrons. The molecule has 0 radical (unpaired) electrons. The van der Waals surface area contributed by atoms with E-state index in [2.05, 4.69) is 31.2 Å². The van der Waals surface area contributed by atoms with Crippen LogP contribution in [0.1, 0.15) is 80.9 Å². The van der Waals surface area contributed by atoms with Gasteiger partial charge in [-0.2, -0.15) is 0 Å². The van der Waals surface area contributed by atoms with Crippen molar-refractivity contribution in [2.45, 2.75) is 77.0 Å². The van der Waals surface area contributed by atoms with Crippen LogP contribution in [0.2, 0.25) is 5.02 Å². The van der Waals surface area contributed by atoms with Crippen molar-refractivity contribution in [1.29, 1.82) is 0 Å². The zero-order valence-corrected chi connectivity index (χ0v) is 21.2. The molecule has 1 aliphatic rings. The molecule has 0 aromatic heterocycles. The normalized spacial score (nSPS) is 18.1. The average Bonchev–Trinajstić information content (AvgIpc) is 2.85. The lowest BCUT2D eigenvalue weighted by molar-refractivity contribution is 0.310. The van der Waals surface area contributed by atoms with E-state index in [0.29, 0.717) is 23.8 Å². The molecule has 3 aromatic carbocycles. The molecule has 0 bridgehead atoms. The van der Waals surface area contributed by atoms with Crippen LogP contribution in [0, 0.1) is 23.4 Å². The van der Waals surface area contributed by atoms with Gasteiger partial charge in [-0.15, -0.1) is 0 Å². The van der Waals surface area contributed by atoms with Gasteiger partial charge in [0.25, 0.3) is 0 Å². The average molecular weight is 499 g/mol. The van der Waals surface area contributed by atoms with E-state index in [1.165, 1.54) is 73.9 Å². The van der Waals surface area contributed by atoms with Crippen LogP contribution in [-0.4, -0.2) is 0 Å². The number of unbranched alkanes of at least 4 members (excludes halogenated alkanes) is 2. The standard InChI is InChI=1S/C31H34ClF3/c1-2-3-4-5-21-8-12-24(13-9-21)25-14-10-22(11-15-25)6-7-23-18-29(34)31(30(35)19-23)26-16-17-27(32)28(33)20-26/h8-9,12-13,16-20,22,25H,2-7,10-11,14-15H2,1H3/t22-,25-. The molecule has 0 nitrogen and oxygen atoms in total. The van der Waals surface area contributed by atoms with Crippen molar-refractivity contribution in [3.05, 3.63) is 93.8 Å². The van der Waals surface area contributed by atoms with Gasteiger partial charge in [-0.05, 0) is 110 Å². The maximum Gasteiger partial charge on any atom is 0.142 e. The first-order valence-corrected chi connectivity index (χ1v) is 13.3. The lowest BCUT2D eigenvalue weighted by Gasteiger charge is -2.29. The highest BCUT2D eigenvalue weighted by molar-refractivity contribution is 6.30. The Balaban J connectivity index is 1.30. The minimum absolute atomic E-state index is 0.0691. The quantitative estimate of drug-likeness (QED) is 0.257. The minimum Gasteiger partial charge on any atom is -0.206 e. The van der Waals surface area contributed by atoms with E-state index in [1.54, 1.807) is 0 Å². The van der Waals surface area contributed by atoms with E-state index in [1.807, 2.05) is 0 Å². The fourth-order valence-corrected chi connectivity index (χ4v) is 5.51. The highest BCUT2D eigenvalue weighted by atomic mass is 35.5. The molecule has 4 heteroatoms. The molecule has 0 atom stereocenters. The van der Waals surface area contributed by atoms with Gasteiger partial charge in [-0.3, -0.25) is 0 Å². The summed E-state index contributed by atoms with van der Waals surface area (Å²) in [4.78, 5) is 0. The fraction of sp³-hybridized carbons (Fsp3) is 0.419. The molecule has 0 spiro atoms. The SMILES string of the molecule is CCCCCc1ccc([C@H]2CC[C@H](CCc3cc(F)c(-c4ccc(Cl)c(F)c4)c(F)c3)CC2)cc1. The lowest BCUT2D eigenvalue weighted by atomic mass is 9.76. The third-order valence-electron chi connectivity index (χ3n) is 7.52. The van der Waals surface area contributed by atoms with Gasteiger partial charge in [0.1, 0.15) is 17.5 Å². The highest BCUT2D eigenvalue weighted by Gasteiger charge is 2.23. The molecule has 0 aliphatic heterocycles. The van der Waals surface area contributed by atoms with Crippen molar-refractivity contribution in [2.75, 3.05) is 0 Å². The third-order valence-corrected chi connectivity index (χ3v) is 7.82. The van der Waals surface area contributed by atoms with Crippen LogP contribution >= 0.6 is 11.6 Å². The number of rotatable bonds is 9. The van der Waals surface area contributed by atoms with Crippen molar-refractivity contribution in [2.24, 2.45) is 5.92 Å². The summed E-state index contributed by atoms with van der Waals surface area (Å²) >= 11 is 5.70. The second-order valence-corrected chi connectivity index (χ2v) is 10.4. The minimum atomic E-state index is -0.689. The molecule has 35 heavy (non-hydrogen) atoms. The lowest BCUT2D eigenvalue weighted by Crippen LogP contribution is -2.14. The summed E-state index contributed by atoms with van der Waals surface area (Å²) in [6, 6.07) is 15.8. The molecule has 0 N–H and O–H groups in total. The van der Waals surface area contributed by atoms with Crippen LogP contribution in [0.5, 0.6) is 0 Å². The third kappa shape index (κ3) is 6.70. The van der Waals surface area contributed by atoms with Crippen LogP contribution in [-0.2, 0) is 12.8 Å². The summed E-state index contributed by atoms with van der Waals surface area (Å²) in [5, 5.41) is -0.0691. The smallest absolute Gasteiger partial charge is 0.142 e.